The van der Waals surface area contributed by atoms with Crippen LogP contribution in [-0.2, 0) is 14.3 Å². The zero-order valence-electron chi connectivity index (χ0n) is 23.3. The topological polar surface area (TPSA) is 90.7 Å². The van der Waals surface area contributed by atoms with Gasteiger partial charge in [0.05, 0.1) is 6.10 Å². The van der Waals surface area contributed by atoms with E-state index < -0.39 is 22.5 Å². The molecule has 1 heterocycles. The number of rotatable bonds is 0. The van der Waals surface area contributed by atoms with Crippen LogP contribution in [0.1, 0.15) is 93.9 Å². The molecule has 0 aromatic rings. The second-order valence-electron chi connectivity index (χ2n) is 15.6. The summed E-state index contributed by atoms with van der Waals surface area (Å²) in [6.07, 6.45) is 6.57. The molecule has 0 radical (unpaired) electrons. The van der Waals surface area contributed by atoms with Gasteiger partial charge < -0.3 is 9.84 Å². The summed E-state index contributed by atoms with van der Waals surface area (Å²) in [5.41, 5.74) is -2.10. The minimum absolute atomic E-state index is 0.0353. The van der Waals surface area contributed by atoms with Crippen LogP contribution >= 0.6 is 0 Å². The highest BCUT2D eigenvalue weighted by Gasteiger charge is 2.82. The van der Waals surface area contributed by atoms with E-state index in [0.29, 0.717) is 0 Å². The number of ketones is 2. The van der Waals surface area contributed by atoms with Gasteiger partial charge in [0.25, 0.3) is 0 Å². The van der Waals surface area contributed by atoms with Gasteiger partial charge in [0.15, 0.2) is 11.6 Å². The summed E-state index contributed by atoms with van der Waals surface area (Å²) in [6, 6.07) is 2.25. The van der Waals surface area contributed by atoms with Gasteiger partial charge in [0.2, 0.25) is 5.60 Å². The van der Waals surface area contributed by atoms with E-state index >= 15 is 0 Å². The van der Waals surface area contributed by atoms with Crippen molar-refractivity contribution in [1.82, 2.24) is 0 Å². The lowest BCUT2D eigenvalue weighted by molar-refractivity contribution is -0.185. The number of aliphatic hydroxyl groups is 1. The minimum atomic E-state index is -1.37. The van der Waals surface area contributed by atoms with Gasteiger partial charge in [-0.15, -0.1) is 0 Å². The first kappa shape index (κ1) is 24.8. The maximum Gasteiger partial charge on any atom is 0.240 e. The average molecular weight is 494 g/mol. The minimum Gasteiger partial charge on any atom is -0.393 e. The quantitative estimate of drug-likeness (QED) is 0.456. The third-order valence-corrected chi connectivity index (χ3v) is 13.3. The summed E-state index contributed by atoms with van der Waals surface area (Å²) in [5, 5.41) is 21.0. The van der Waals surface area contributed by atoms with Crippen molar-refractivity contribution in [2.75, 3.05) is 0 Å². The molecule has 5 nitrogen and oxygen atoms in total. The number of nitriles is 1. The molecule has 0 amide bonds. The van der Waals surface area contributed by atoms with E-state index in [1.165, 1.54) is 0 Å². The van der Waals surface area contributed by atoms with Crippen molar-refractivity contribution in [2.24, 2.45) is 50.2 Å². The summed E-state index contributed by atoms with van der Waals surface area (Å²) in [4.78, 5) is 27.8. The van der Waals surface area contributed by atoms with E-state index in [1.807, 2.05) is 19.9 Å². The second-order valence-corrected chi connectivity index (χ2v) is 15.6. The summed E-state index contributed by atoms with van der Waals surface area (Å²) in [7, 11) is 0. The van der Waals surface area contributed by atoms with Gasteiger partial charge in [-0.2, -0.15) is 5.26 Å². The Balaban J connectivity index is 1.51. The molecule has 0 aromatic heterocycles. The third-order valence-electron chi connectivity index (χ3n) is 13.3. The molecule has 1 N–H and O–H groups in total. The fraction of sp³-hybridized carbons (Fsp3) is 0.839. The van der Waals surface area contributed by atoms with Crippen molar-refractivity contribution in [3.8, 4) is 6.07 Å². The first-order chi connectivity index (χ1) is 16.5. The number of allylic oxidation sites excluding steroid dienone is 1. The van der Waals surface area contributed by atoms with E-state index in [9.17, 15) is 20.0 Å². The Labute approximate surface area is 216 Å². The molecule has 6 rings (SSSR count). The van der Waals surface area contributed by atoms with Gasteiger partial charge in [0.1, 0.15) is 12.2 Å². The van der Waals surface area contributed by atoms with Crippen LogP contribution in [0.25, 0.3) is 0 Å². The number of fused-ring (bicyclic) bond motifs is 9. The van der Waals surface area contributed by atoms with Gasteiger partial charge in [-0.25, -0.2) is 0 Å². The lowest BCUT2D eigenvalue weighted by atomic mass is 9.33. The summed E-state index contributed by atoms with van der Waals surface area (Å²) < 4.78 is 6.08. The summed E-state index contributed by atoms with van der Waals surface area (Å²) >= 11 is 0. The van der Waals surface area contributed by atoms with E-state index in [4.69, 9.17) is 4.74 Å². The predicted molar refractivity (Wildman–Crippen MR) is 135 cm³/mol. The first-order valence-corrected chi connectivity index (χ1v) is 14.0. The van der Waals surface area contributed by atoms with Crippen molar-refractivity contribution >= 4 is 11.6 Å². The van der Waals surface area contributed by atoms with Crippen LogP contribution in [0.3, 0.4) is 0 Å². The highest BCUT2D eigenvalue weighted by Crippen LogP contribution is 2.77. The SMILES string of the molecule is CC1(C)C[C@H]2[C@H]3C(=O)C=C4[C@@]5(C)C6OC6(C#N)C(=O)C(C)(C)[C@@H]5CC[C@@]4(C)[C@]3(C)CC[C@@]2(C)CC1O. The normalized spacial score (nSPS) is 56.1. The van der Waals surface area contributed by atoms with Gasteiger partial charge in [-0.3, -0.25) is 9.59 Å². The van der Waals surface area contributed by atoms with E-state index in [1.54, 1.807) is 0 Å². The Morgan fingerprint density at radius 3 is 2.31 bits per heavy atom. The van der Waals surface area contributed by atoms with Gasteiger partial charge in [0, 0.05) is 16.7 Å². The number of nitrogens with zero attached hydrogens (tertiary/aromatic N) is 1. The molecular formula is C31H43NO4. The number of Topliss-reactive ketones (excluding diaryl/α,β-unsaturated/α-hetero) is 1. The molecule has 5 heteroatoms. The maximum absolute atomic E-state index is 14.3. The number of epoxide rings is 1. The molecule has 1 saturated heterocycles. The van der Waals surface area contributed by atoms with Crippen LogP contribution < -0.4 is 0 Å². The van der Waals surface area contributed by atoms with E-state index in [-0.39, 0.29) is 57.1 Å². The van der Waals surface area contributed by atoms with Crippen LogP contribution in [0.4, 0.5) is 0 Å². The Kier molecular flexibility index (Phi) is 4.51. The van der Waals surface area contributed by atoms with E-state index in [0.717, 1.165) is 44.1 Å². The monoisotopic (exact) mass is 493 g/mol. The number of ether oxygens (including phenoxy) is 1. The fourth-order valence-corrected chi connectivity index (χ4v) is 10.8. The average Bonchev–Trinajstić information content (AvgIpc) is 3.53. The van der Waals surface area contributed by atoms with Crippen LogP contribution in [0.5, 0.6) is 0 Å². The van der Waals surface area contributed by atoms with Crippen molar-refractivity contribution < 1.29 is 19.4 Å². The molecule has 6 aliphatic rings. The smallest absolute Gasteiger partial charge is 0.240 e. The highest BCUT2D eigenvalue weighted by atomic mass is 16.6. The Morgan fingerprint density at radius 1 is 1.00 bits per heavy atom. The standard InChI is InChI=1S/C31H43NO4/c1-25(2)14-17-22-18(33)13-20-28(6,29(22,7)12-11-27(17,5)15-21(25)34)10-9-19-26(3,4)23(35)31(16-32)24(36-31)30(19,20)8/h13,17,19,21-22,24,34H,9-12,14-15H2,1-8H3/t17-,19-,21?,22-,24?,27-,28+,29+,30-,31?/m0/s1. The second kappa shape index (κ2) is 6.55. The molecule has 1 aliphatic heterocycles. The van der Waals surface area contributed by atoms with Crippen LogP contribution in [-0.4, -0.2) is 34.5 Å². The van der Waals surface area contributed by atoms with E-state index in [2.05, 4.69) is 47.6 Å². The van der Waals surface area contributed by atoms with Crippen LogP contribution in [0.15, 0.2) is 11.6 Å². The van der Waals surface area contributed by atoms with Crippen LogP contribution in [0, 0.1) is 61.6 Å². The van der Waals surface area contributed by atoms with Crippen molar-refractivity contribution in [1.29, 1.82) is 5.26 Å². The Morgan fingerprint density at radius 2 is 1.67 bits per heavy atom. The van der Waals surface area contributed by atoms with Crippen molar-refractivity contribution in [3.63, 3.8) is 0 Å². The molecule has 4 saturated carbocycles. The molecule has 5 fully saturated rings. The molecule has 3 unspecified atom stereocenters. The largest absolute Gasteiger partial charge is 0.393 e. The first-order valence-electron chi connectivity index (χ1n) is 14.0. The number of carbonyl (C=O) groups is 2. The number of aliphatic hydroxyl groups excluding tert-OH is 1. The molecule has 5 aliphatic carbocycles. The third kappa shape index (κ3) is 2.46. The summed E-state index contributed by atoms with van der Waals surface area (Å²) in [6.45, 7) is 17.5. The lowest BCUT2D eigenvalue weighted by Gasteiger charge is -2.69. The molecule has 196 valence electrons. The molecule has 0 bridgehead atoms. The van der Waals surface area contributed by atoms with Crippen molar-refractivity contribution in [3.05, 3.63) is 11.6 Å². The zero-order valence-corrected chi connectivity index (χ0v) is 23.3. The predicted octanol–water partition coefficient (Wildman–Crippen LogP) is 5.41. The van der Waals surface area contributed by atoms with Gasteiger partial charge in [-0.05, 0) is 78.1 Å². The Hall–Kier alpha value is -1.51. The molecule has 10 atom stereocenters. The molecular weight excluding hydrogens is 450 g/mol. The van der Waals surface area contributed by atoms with Gasteiger partial charge in [-0.1, -0.05) is 61.0 Å². The van der Waals surface area contributed by atoms with Crippen molar-refractivity contribution in [2.45, 2.75) is 112 Å². The maximum atomic E-state index is 14.3. The Bertz CT molecular complexity index is 1160. The number of hydrogen-bond acceptors (Lipinski definition) is 5. The number of hydrogen-bond donors (Lipinski definition) is 1. The lowest BCUT2D eigenvalue weighted by Crippen LogP contribution is -2.67. The van der Waals surface area contributed by atoms with Gasteiger partial charge >= 0.3 is 0 Å². The molecule has 36 heavy (non-hydrogen) atoms. The summed E-state index contributed by atoms with van der Waals surface area (Å²) in [5.74, 6) is 0.333. The molecule has 0 aromatic carbocycles. The number of carbonyl (C=O) groups excluding carboxylic acids is 2. The zero-order chi connectivity index (χ0) is 26.5. The molecule has 0 spiro atoms. The highest BCUT2D eigenvalue weighted by molar-refractivity contribution is 6.01. The fourth-order valence-electron chi connectivity index (χ4n) is 10.8. The van der Waals surface area contributed by atoms with Crippen LogP contribution in [0.2, 0.25) is 0 Å².